The highest BCUT2D eigenvalue weighted by atomic mass is 19.1. The Morgan fingerprint density at radius 2 is 1.81 bits per heavy atom. The first kappa shape index (κ1) is 21.8. The first-order valence-electron chi connectivity index (χ1n) is 10.4. The number of aryl methyl sites for hydroxylation is 3. The summed E-state index contributed by atoms with van der Waals surface area (Å²) in [7, 11) is 0. The van der Waals surface area contributed by atoms with Gasteiger partial charge in [0.05, 0.1) is 11.0 Å². The molecule has 2 aromatic rings. The zero-order chi connectivity index (χ0) is 23.0. The van der Waals surface area contributed by atoms with Gasteiger partial charge in [-0.1, -0.05) is 6.92 Å². The Morgan fingerprint density at radius 3 is 2.56 bits per heavy atom. The summed E-state index contributed by atoms with van der Waals surface area (Å²) >= 11 is 0. The van der Waals surface area contributed by atoms with E-state index in [-0.39, 0.29) is 18.1 Å². The molecule has 2 N–H and O–H groups in total. The van der Waals surface area contributed by atoms with Gasteiger partial charge in [0.1, 0.15) is 11.6 Å². The van der Waals surface area contributed by atoms with Crippen LogP contribution in [0.15, 0.2) is 33.9 Å². The van der Waals surface area contributed by atoms with Crippen molar-refractivity contribution in [1.29, 1.82) is 0 Å². The largest absolute Gasteiger partial charge is 0.349 e. The van der Waals surface area contributed by atoms with Crippen molar-refractivity contribution in [3.05, 3.63) is 79.0 Å². The summed E-state index contributed by atoms with van der Waals surface area (Å²) in [5.41, 5.74) is 3.19. The number of aromatic amines is 1. The van der Waals surface area contributed by atoms with Crippen molar-refractivity contribution < 1.29 is 8.78 Å². The summed E-state index contributed by atoms with van der Waals surface area (Å²) in [5.74, 6) is -0.987. The van der Waals surface area contributed by atoms with Crippen LogP contribution in [0.1, 0.15) is 29.2 Å². The molecule has 0 saturated heterocycles. The minimum atomic E-state index is -0.741. The summed E-state index contributed by atoms with van der Waals surface area (Å²) in [4.78, 5) is 34.8. The van der Waals surface area contributed by atoms with Crippen molar-refractivity contribution in [2.45, 2.75) is 40.3 Å². The predicted octanol–water partition coefficient (Wildman–Crippen LogP) is 2.83. The molecular weight excluding hydrogens is 416 g/mol. The number of benzene rings is 2. The summed E-state index contributed by atoms with van der Waals surface area (Å²) in [6.07, 6.45) is 0.512. The molecular formula is C23H23F2N5O2. The number of halogens is 2. The molecule has 0 fully saturated rings. The lowest BCUT2D eigenvalue weighted by atomic mass is 10.0. The van der Waals surface area contributed by atoms with E-state index in [2.05, 4.69) is 20.3 Å². The van der Waals surface area contributed by atoms with Gasteiger partial charge in [-0.25, -0.2) is 18.6 Å². The normalized spacial score (nSPS) is 11.5. The fourth-order valence-electron chi connectivity index (χ4n) is 3.85. The molecule has 0 saturated carbocycles. The fraction of sp³-hybridized carbons (Fsp3) is 0.304. The van der Waals surface area contributed by atoms with Crippen molar-refractivity contribution in [3.63, 3.8) is 0 Å². The van der Waals surface area contributed by atoms with Crippen LogP contribution < -0.4 is 16.6 Å². The molecule has 4 rings (SSSR count). The number of hydrogen-bond acceptors (Lipinski definition) is 5. The number of fused-ring (bicyclic) bond motifs is 2. The van der Waals surface area contributed by atoms with Crippen LogP contribution in [-0.2, 0) is 19.5 Å². The molecule has 0 aromatic heterocycles. The van der Waals surface area contributed by atoms with Crippen molar-refractivity contribution in [2.75, 3.05) is 6.54 Å². The monoisotopic (exact) mass is 439 g/mol. The Hall–Kier alpha value is -3.46. The van der Waals surface area contributed by atoms with Crippen LogP contribution >= 0.6 is 0 Å². The van der Waals surface area contributed by atoms with Gasteiger partial charge in [0.2, 0.25) is 0 Å². The van der Waals surface area contributed by atoms with Gasteiger partial charge in [0, 0.05) is 31.3 Å². The zero-order valence-electron chi connectivity index (χ0n) is 18.1. The lowest BCUT2D eigenvalue weighted by Crippen LogP contribution is -2.30. The van der Waals surface area contributed by atoms with Crippen LogP contribution in [-0.4, -0.2) is 26.1 Å². The molecule has 0 amide bonds. The van der Waals surface area contributed by atoms with E-state index in [4.69, 9.17) is 0 Å². The summed E-state index contributed by atoms with van der Waals surface area (Å²) < 4.78 is 29.5. The minimum Gasteiger partial charge on any atom is -0.321 e. The second-order valence-corrected chi connectivity index (χ2v) is 7.79. The van der Waals surface area contributed by atoms with Crippen LogP contribution in [0.2, 0.25) is 0 Å². The Morgan fingerprint density at radius 1 is 1.06 bits per heavy atom. The van der Waals surface area contributed by atoms with Gasteiger partial charge in [-0.2, -0.15) is 4.98 Å². The number of H-pyrrole nitrogens is 1. The van der Waals surface area contributed by atoms with E-state index >= 15 is 0 Å². The van der Waals surface area contributed by atoms with Crippen LogP contribution in [0.5, 0.6) is 0 Å². The smallest absolute Gasteiger partial charge is 0.321 e. The second kappa shape index (κ2) is 8.58. The molecule has 0 spiro atoms. The highest BCUT2D eigenvalue weighted by Gasteiger charge is 2.19. The van der Waals surface area contributed by atoms with E-state index in [9.17, 15) is 18.4 Å². The summed E-state index contributed by atoms with van der Waals surface area (Å²) in [5, 5.41) is 3.17. The Kier molecular flexibility index (Phi) is 5.84. The van der Waals surface area contributed by atoms with Crippen molar-refractivity contribution in [1.82, 2.24) is 24.8 Å². The maximum absolute atomic E-state index is 14.3. The Bertz CT molecular complexity index is 1410. The minimum absolute atomic E-state index is 0.0817. The molecule has 0 radical (unpaired) electrons. The van der Waals surface area contributed by atoms with E-state index < -0.39 is 22.9 Å². The quantitative estimate of drug-likeness (QED) is 0.356. The zero-order valence-corrected chi connectivity index (χ0v) is 18.1. The lowest BCUT2D eigenvalue weighted by molar-refractivity contribution is 0.545. The van der Waals surface area contributed by atoms with Gasteiger partial charge in [-0.3, -0.25) is 9.78 Å². The number of rotatable bonds is 6. The molecule has 2 aliphatic rings. The van der Waals surface area contributed by atoms with Gasteiger partial charge in [0.15, 0.2) is 11.5 Å². The maximum Gasteiger partial charge on any atom is 0.349 e. The molecule has 7 nitrogen and oxygen atoms in total. The second-order valence-electron chi connectivity index (χ2n) is 7.79. The molecule has 0 atom stereocenters. The molecule has 2 heterocycles. The molecule has 2 aromatic carbocycles. The first-order chi connectivity index (χ1) is 15.3. The van der Waals surface area contributed by atoms with Crippen molar-refractivity contribution in [3.8, 4) is 11.5 Å². The predicted molar refractivity (Wildman–Crippen MR) is 118 cm³/mol. The number of nitrogens with zero attached hydrogens (tertiary/aromatic N) is 3. The molecule has 9 heteroatoms. The van der Waals surface area contributed by atoms with Gasteiger partial charge < -0.3 is 9.88 Å². The third-order valence-corrected chi connectivity index (χ3v) is 5.67. The average Bonchev–Trinajstić information content (AvgIpc) is 2.73. The number of nitrogens with one attached hydrogen (secondary N) is 2. The molecule has 2 aliphatic heterocycles. The molecule has 0 unspecified atom stereocenters. The summed E-state index contributed by atoms with van der Waals surface area (Å²) in [6.45, 7) is 6.74. The van der Waals surface area contributed by atoms with E-state index in [1.807, 2.05) is 32.9 Å². The Balaban J connectivity index is 1.69. The van der Waals surface area contributed by atoms with Crippen LogP contribution in [0, 0.1) is 25.5 Å². The average molecular weight is 439 g/mol. The number of hydrogen-bond donors (Lipinski definition) is 2. The van der Waals surface area contributed by atoms with Crippen LogP contribution in [0.3, 0.4) is 0 Å². The molecule has 0 bridgehead atoms. The van der Waals surface area contributed by atoms with E-state index in [0.29, 0.717) is 36.2 Å². The third kappa shape index (κ3) is 4.03. The maximum atomic E-state index is 14.3. The van der Waals surface area contributed by atoms with Crippen LogP contribution in [0.25, 0.3) is 22.6 Å². The highest BCUT2D eigenvalue weighted by Crippen LogP contribution is 2.23. The van der Waals surface area contributed by atoms with Gasteiger partial charge in [0.25, 0.3) is 5.56 Å². The van der Waals surface area contributed by atoms with Crippen molar-refractivity contribution >= 4 is 11.0 Å². The SMILES string of the molecule is CCc1cc(F)cc(F)c1CNCCn1c2nc(=O)[nH]c(=O)c-2nc2cc(C)c(C)cc21. The molecule has 166 valence electrons. The molecule has 0 aliphatic carbocycles. The molecule has 32 heavy (non-hydrogen) atoms. The standard InChI is InChI=1S/C23H23F2N5O2/c1-4-14-9-15(24)10-17(25)16(14)11-26-5-6-30-19-8-13(3)12(2)7-18(19)27-20-21(30)28-23(32)29-22(20)31/h7-10,26H,4-6,11H2,1-3H3,(H,29,31,32). The van der Waals surface area contributed by atoms with E-state index in [1.54, 1.807) is 4.57 Å². The van der Waals surface area contributed by atoms with Gasteiger partial charge in [-0.15, -0.1) is 0 Å². The summed E-state index contributed by atoms with van der Waals surface area (Å²) in [6, 6.07) is 6.06. The van der Waals surface area contributed by atoms with Gasteiger partial charge in [-0.05, 0) is 55.2 Å². The van der Waals surface area contributed by atoms with Gasteiger partial charge >= 0.3 is 5.69 Å². The first-order valence-corrected chi connectivity index (χ1v) is 10.4. The van der Waals surface area contributed by atoms with E-state index in [0.717, 1.165) is 22.7 Å². The van der Waals surface area contributed by atoms with Crippen molar-refractivity contribution in [2.24, 2.45) is 0 Å². The number of aromatic nitrogens is 4. The lowest BCUT2D eigenvalue weighted by Gasteiger charge is -2.18. The Labute approximate surface area is 182 Å². The van der Waals surface area contributed by atoms with E-state index in [1.165, 1.54) is 6.07 Å². The highest BCUT2D eigenvalue weighted by molar-refractivity contribution is 5.81. The topological polar surface area (TPSA) is 92.7 Å². The van der Waals surface area contributed by atoms with Crippen LogP contribution in [0.4, 0.5) is 8.78 Å². The third-order valence-electron chi connectivity index (χ3n) is 5.67. The fourth-order valence-corrected chi connectivity index (χ4v) is 3.85.